The van der Waals surface area contributed by atoms with Crippen LogP contribution in [-0.2, 0) is 9.47 Å². The number of carbonyl (C=O) groups is 2. The summed E-state index contributed by atoms with van der Waals surface area (Å²) in [6.07, 6.45) is 3.92. The number of aliphatic hydroxyl groups excluding tert-OH is 1. The van der Waals surface area contributed by atoms with Crippen molar-refractivity contribution < 1.29 is 24.2 Å². The second kappa shape index (κ2) is 9.72. The first-order valence-electron chi connectivity index (χ1n) is 8.65. The van der Waals surface area contributed by atoms with Crippen LogP contribution in [-0.4, -0.2) is 48.9 Å². The molecule has 0 spiro atoms. The minimum Gasteiger partial charge on any atom is -0.465 e. The number of esters is 2. The van der Waals surface area contributed by atoms with E-state index < -0.39 is 11.9 Å². The van der Waals surface area contributed by atoms with Crippen molar-refractivity contribution in [1.29, 1.82) is 0 Å². The molecular weight excluding hydrogens is 336 g/mol. The quantitative estimate of drug-likeness (QED) is 0.524. The van der Waals surface area contributed by atoms with Gasteiger partial charge < -0.3 is 19.9 Å². The zero-order chi connectivity index (χ0) is 18.9. The molecule has 1 heterocycles. The standard InChI is InChI=1S/C19H24N2O5/c1-3-26-19(24)15-12-21-16-8-7-13(18(23)25-2)11-14(16)17(15)20-9-5-4-6-10-22/h7-8,11-12,22H,3-6,9-10H2,1-2H3,(H,20,21). The van der Waals surface area contributed by atoms with Gasteiger partial charge in [0.15, 0.2) is 0 Å². The number of fused-ring (bicyclic) bond motifs is 1. The molecule has 0 atom stereocenters. The lowest BCUT2D eigenvalue weighted by molar-refractivity contribution is 0.0526. The Labute approximate surface area is 152 Å². The summed E-state index contributed by atoms with van der Waals surface area (Å²) in [4.78, 5) is 28.4. The number of hydrogen-bond acceptors (Lipinski definition) is 7. The lowest BCUT2D eigenvalue weighted by Gasteiger charge is -2.14. The highest BCUT2D eigenvalue weighted by atomic mass is 16.5. The molecule has 26 heavy (non-hydrogen) atoms. The fourth-order valence-electron chi connectivity index (χ4n) is 2.62. The number of aromatic nitrogens is 1. The molecule has 140 valence electrons. The van der Waals surface area contributed by atoms with Crippen LogP contribution in [0.4, 0.5) is 5.69 Å². The topological polar surface area (TPSA) is 97.8 Å². The smallest absolute Gasteiger partial charge is 0.341 e. The summed E-state index contributed by atoms with van der Waals surface area (Å²) in [6.45, 7) is 2.78. The maximum absolute atomic E-state index is 12.3. The van der Waals surface area contributed by atoms with Crippen LogP contribution in [0.5, 0.6) is 0 Å². The van der Waals surface area contributed by atoms with Crippen LogP contribution >= 0.6 is 0 Å². The Kier molecular flexibility index (Phi) is 7.35. The Morgan fingerprint density at radius 3 is 2.69 bits per heavy atom. The van der Waals surface area contributed by atoms with Crippen molar-refractivity contribution in [2.24, 2.45) is 0 Å². The number of unbranched alkanes of at least 4 members (excludes halogenated alkanes) is 2. The van der Waals surface area contributed by atoms with Crippen molar-refractivity contribution in [2.45, 2.75) is 26.2 Å². The van der Waals surface area contributed by atoms with Crippen LogP contribution in [0.1, 0.15) is 46.9 Å². The predicted molar refractivity (Wildman–Crippen MR) is 98.5 cm³/mol. The molecule has 7 nitrogen and oxygen atoms in total. The molecule has 0 aliphatic rings. The number of anilines is 1. The highest BCUT2D eigenvalue weighted by Crippen LogP contribution is 2.28. The number of nitrogens with zero attached hydrogens (tertiary/aromatic N) is 1. The summed E-state index contributed by atoms with van der Waals surface area (Å²) in [5, 5.41) is 12.8. The number of methoxy groups -OCH3 is 1. The normalized spacial score (nSPS) is 10.6. The molecule has 0 fully saturated rings. The monoisotopic (exact) mass is 360 g/mol. The molecule has 2 rings (SSSR count). The fourth-order valence-corrected chi connectivity index (χ4v) is 2.62. The Bertz CT molecular complexity index is 776. The van der Waals surface area contributed by atoms with Gasteiger partial charge in [-0.05, 0) is 44.4 Å². The van der Waals surface area contributed by atoms with Gasteiger partial charge in [0, 0.05) is 24.7 Å². The SMILES string of the molecule is CCOC(=O)c1cnc2ccc(C(=O)OC)cc2c1NCCCCCO. The van der Waals surface area contributed by atoms with Crippen molar-refractivity contribution in [3.8, 4) is 0 Å². The van der Waals surface area contributed by atoms with E-state index in [-0.39, 0.29) is 13.2 Å². The second-order valence-electron chi connectivity index (χ2n) is 5.70. The largest absolute Gasteiger partial charge is 0.465 e. The van der Waals surface area contributed by atoms with E-state index in [1.165, 1.54) is 13.3 Å². The molecule has 2 aromatic rings. The molecule has 0 saturated heterocycles. The number of hydrogen-bond donors (Lipinski definition) is 2. The number of ether oxygens (including phenoxy) is 2. The van der Waals surface area contributed by atoms with Crippen LogP contribution in [0, 0.1) is 0 Å². The van der Waals surface area contributed by atoms with E-state index in [0.29, 0.717) is 34.3 Å². The Balaban J connectivity index is 2.42. The van der Waals surface area contributed by atoms with E-state index in [1.54, 1.807) is 25.1 Å². The number of rotatable bonds is 9. The summed E-state index contributed by atoms with van der Waals surface area (Å²) in [6, 6.07) is 5.01. The van der Waals surface area contributed by atoms with Gasteiger partial charge >= 0.3 is 11.9 Å². The predicted octanol–water partition coefficient (Wildman–Crippen LogP) is 2.77. The summed E-state index contributed by atoms with van der Waals surface area (Å²) in [5.74, 6) is -0.925. The van der Waals surface area contributed by atoms with Crippen LogP contribution in [0.15, 0.2) is 24.4 Å². The first-order chi connectivity index (χ1) is 12.6. The maximum atomic E-state index is 12.3. The van der Waals surface area contributed by atoms with Crippen molar-refractivity contribution >= 4 is 28.5 Å². The summed E-state index contributed by atoms with van der Waals surface area (Å²) < 4.78 is 9.89. The van der Waals surface area contributed by atoms with Gasteiger partial charge in [0.05, 0.1) is 30.5 Å². The lowest BCUT2D eigenvalue weighted by atomic mass is 10.1. The molecule has 1 aromatic heterocycles. The van der Waals surface area contributed by atoms with Gasteiger partial charge in [-0.1, -0.05) is 0 Å². The third-order valence-electron chi connectivity index (χ3n) is 3.92. The maximum Gasteiger partial charge on any atom is 0.341 e. The van der Waals surface area contributed by atoms with E-state index in [0.717, 1.165) is 19.3 Å². The number of aliphatic hydroxyl groups is 1. The van der Waals surface area contributed by atoms with E-state index in [9.17, 15) is 9.59 Å². The molecule has 0 amide bonds. The van der Waals surface area contributed by atoms with Gasteiger partial charge in [-0.15, -0.1) is 0 Å². The third kappa shape index (κ3) is 4.70. The number of nitrogens with one attached hydrogen (secondary N) is 1. The highest BCUT2D eigenvalue weighted by Gasteiger charge is 2.18. The molecule has 0 aliphatic heterocycles. The van der Waals surface area contributed by atoms with Crippen LogP contribution in [0.2, 0.25) is 0 Å². The zero-order valence-corrected chi connectivity index (χ0v) is 15.1. The van der Waals surface area contributed by atoms with E-state index in [2.05, 4.69) is 10.3 Å². The van der Waals surface area contributed by atoms with Crippen molar-refractivity contribution in [2.75, 3.05) is 32.2 Å². The summed E-state index contributed by atoms with van der Waals surface area (Å²) >= 11 is 0. The molecule has 1 aromatic carbocycles. The first kappa shape index (κ1) is 19.7. The molecule has 0 aliphatic carbocycles. The molecule has 2 N–H and O–H groups in total. The molecule has 0 bridgehead atoms. The van der Waals surface area contributed by atoms with Gasteiger partial charge in [0.2, 0.25) is 0 Å². The average Bonchev–Trinajstić information content (AvgIpc) is 2.66. The van der Waals surface area contributed by atoms with Crippen molar-refractivity contribution in [1.82, 2.24) is 4.98 Å². The zero-order valence-electron chi connectivity index (χ0n) is 15.1. The average molecular weight is 360 g/mol. The number of carbonyl (C=O) groups excluding carboxylic acids is 2. The van der Waals surface area contributed by atoms with E-state index in [1.807, 2.05) is 0 Å². The highest BCUT2D eigenvalue weighted by molar-refractivity contribution is 6.06. The molecule has 0 saturated carbocycles. The molecular formula is C19H24N2O5. The first-order valence-corrected chi connectivity index (χ1v) is 8.65. The minimum absolute atomic E-state index is 0.161. The summed E-state index contributed by atoms with van der Waals surface area (Å²) in [7, 11) is 1.32. The van der Waals surface area contributed by atoms with Crippen LogP contribution < -0.4 is 5.32 Å². The molecule has 0 unspecified atom stereocenters. The van der Waals surface area contributed by atoms with E-state index >= 15 is 0 Å². The van der Waals surface area contributed by atoms with Crippen molar-refractivity contribution in [3.05, 3.63) is 35.5 Å². The second-order valence-corrected chi connectivity index (χ2v) is 5.70. The van der Waals surface area contributed by atoms with Gasteiger partial charge in [-0.2, -0.15) is 0 Å². The van der Waals surface area contributed by atoms with Gasteiger partial charge in [0.25, 0.3) is 0 Å². The molecule has 0 radical (unpaired) electrons. The molecule has 7 heteroatoms. The minimum atomic E-state index is -0.469. The van der Waals surface area contributed by atoms with Gasteiger partial charge in [-0.25, -0.2) is 9.59 Å². The van der Waals surface area contributed by atoms with Gasteiger partial charge in [-0.3, -0.25) is 4.98 Å². The fraction of sp³-hybridized carbons (Fsp3) is 0.421. The number of pyridine rings is 1. The van der Waals surface area contributed by atoms with Crippen LogP contribution in [0.3, 0.4) is 0 Å². The van der Waals surface area contributed by atoms with Gasteiger partial charge in [0.1, 0.15) is 5.56 Å². The summed E-state index contributed by atoms with van der Waals surface area (Å²) in [5.41, 5.74) is 1.95. The van der Waals surface area contributed by atoms with Crippen molar-refractivity contribution in [3.63, 3.8) is 0 Å². The van der Waals surface area contributed by atoms with Crippen LogP contribution in [0.25, 0.3) is 10.9 Å². The Morgan fingerprint density at radius 1 is 1.19 bits per heavy atom. The Hall–Kier alpha value is -2.67. The number of benzene rings is 1. The third-order valence-corrected chi connectivity index (χ3v) is 3.92. The lowest BCUT2D eigenvalue weighted by Crippen LogP contribution is -2.12. The Morgan fingerprint density at radius 2 is 2.00 bits per heavy atom. The van der Waals surface area contributed by atoms with E-state index in [4.69, 9.17) is 14.6 Å².